The second-order valence-electron chi connectivity index (χ2n) is 5.19. The highest BCUT2D eigenvalue weighted by atomic mass is 19.1. The smallest absolute Gasteiger partial charge is 0.192 e. The standard InChI is InChI=1S/C15H17FN2O/c16-11-6-2-1-5-10(11)14(19)9-15-17-12-7-3-4-8-13(12)18-15/h1-2,5-6,9,12-13,17-18H,3-4,7-8H2/t12-,13-/m0/s1. The molecule has 0 unspecified atom stereocenters. The van der Waals surface area contributed by atoms with Crippen LogP contribution in [-0.2, 0) is 0 Å². The summed E-state index contributed by atoms with van der Waals surface area (Å²) in [6.45, 7) is 0. The molecular formula is C15H17FN2O. The van der Waals surface area contributed by atoms with Crippen molar-refractivity contribution in [2.75, 3.05) is 0 Å². The summed E-state index contributed by atoms with van der Waals surface area (Å²) in [5.41, 5.74) is 0.119. The van der Waals surface area contributed by atoms with Crippen molar-refractivity contribution >= 4 is 5.78 Å². The number of ketones is 1. The SMILES string of the molecule is O=C(C=C1N[C@H]2CCCC[C@@H]2N1)c1ccccc1F. The monoisotopic (exact) mass is 260 g/mol. The summed E-state index contributed by atoms with van der Waals surface area (Å²) in [5.74, 6) is -0.0448. The van der Waals surface area contributed by atoms with E-state index in [1.807, 2.05) is 0 Å². The molecule has 1 heterocycles. The fraction of sp³-hybridized carbons (Fsp3) is 0.400. The van der Waals surface area contributed by atoms with E-state index in [4.69, 9.17) is 0 Å². The second kappa shape index (κ2) is 5.03. The Balaban J connectivity index is 1.76. The summed E-state index contributed by atoms with van der Waals surface area (Å²) < 4.78 is 13.5. The van der Waals surface area contributed by atoms with Crippen LogP contribution < -0.4 is 10.6 Å². The van der Waals surface area contributed by atoms with E-state index < -0.39 is 5.82 Å². The molecule has 2 aliphatic rings. The summed E-state index contributed by atoms with van der Waals surface area (Å²) in [7, 11) is 0. The molecule has 1 aliphatic carbocycles. The number of carbonyl (C=O) groups excluding carboxylic acids is 1. The van der Waals surface area contributed by atoms with Crippen LogP contribution in [0.4, 0.5) is 4.39 Å². The highest BCUT2D eigenvalue weighted by Crippen LogP contribution is 2.24. The molecule has 1 saturated heterocycles. The molecule has 1 saturated carbocycles. The minimum Gasteiger partial charge on any atom is -0.367 e. The number of nitrogens with one attached hydrogen (secondary N) is 2. The van der Waals surface area contributed by atoms with Crippen molar-refractivity contribution in [3.05, 3.63) is 47.5 Å². The minimum atomic E-state index is -0.472. The molecule has 3 nitrogen and oxygen atoms in total. The molecule has 0 aromatic heterocycles. The van der Waals surface area contributed by atoms with Gasteiger partial charge in [0.25, 0.3) is 0 Å². The van der Waals surface area contributed by atoms with Crippen LogP contribution in [0.1, 0.15) is 36.0 Å². The maximum Gasteiger partial charge on any atom is 0.192 e. The van der Waals surface area contributed by atoms with E-state index in [0.29, 0.717) is 12.1 Å². The molecule has 0 bridgehead atoms. The van der Waals surface area contributed by atoms with Gasteiger partial charge in [0.05, 0.1) is 5.56 Å². The van der Waals surface area contributed by atoms with Crippen molar-refractivity contribution in [3.8, 4) is 0 Å². The first-order valence-electron chi connectivity index (χ1n) is 6.77. The van der Waals surface area contributed by atoms with E-state index >= 15 is 0 Å². The van der Waals surface area contributed by atoms with Crippen LogP contribution in [0.3, 0.4) is 0 Å². The molecule has 3 rings (SSSR count). The first-order chi connectivity index (χ1) is 9.24. The lowest BCUT2D eigenvalue weighted by atomic mass is 9.92. The fourth-order valence-corrected chi connectivity index (χ4v) is 2.87. The molecule has 1 aromatic rings. The number of halogens is 1. The molecule has 0 amide bonds. The van der Waals surface area contributed by atoms with E-state index in [1.165, 1.54) is 31.1 Å². The van der Waals surface area contributed by atoms with Crippen LogP contribution in [0.15, 0.2) is 36.2 Å². The van der Waals surface area contributed by atoms with Gasteiger partial charge in [0, 0.05) is 18.2 Å². The number of carbonyl (C=O) groups is 1. The minimum absolute atomic E-state index is 0.119. The summed E-state index contributed by atoms with van der Waals surface area (Å²) >= 11 is 0. The molecule has 0 spiro atoms. The van der Waals surface area contributed by atoms with Gasteiger partial charge in [-0.15, -0.1) is 0 Å². The second-order valence-corrected chi connectivity index (χ2v) is 5.19. The summed E-state index contributed by atoms with van der Waals surface area (Å²) in [6.07, 6.45) is 6.18. The Morgan fingerprint density at radius 3 is 2.42 bits per heavy atom. The topological polar surface area (TPSA) is 41.1 Å². The van der Waals surface area contributed by atoms with E-state index in [-0.39, 0.29) is 11.3 Å². The van der Waals surface area contributed by atoms with Gasteiger partial charge in [0.15, 0.2) is 5.78 Å². The highest BCUT2D eigenvalue weighted by molar-refractivity contribution is 6.05. The first kappa shape index (κ1) is 12.2. The zero-order valence-electron chi connectivity index (χ0n) is 10.7. The van der Waals surface area contributed by atoms with Crippen molar-refractivity contribution in [3.63, 3.8) is 0 Å². The van der Waals surface area contributed by atoms with E-state index in [1.54, 1.807) is 12.1 Å². The van der Waals surface area contributed by atoms with Gasteiger partial charge in [-0.2, -0.15) is 0 Å². The molecule has 1 aromatic carbocycles. The van der Waals surface area contributed by atoms with E-state index in [0.717, 1.165) is 18.7 Å². The number of hydrogen-bond donors (Lipinski definition) is 2. The zero-order chi connectivity index (χ0) is 13.2. The van der Waals surface area contributed by atoms with Gasteiger partial charge >= 0.3 is 0 Å². The van der Waals surface area contributed by atoms with Crippen molar-refractivity contribution in [1.82, 2.24) is 10.6 Å². The average molecular weight is 260 g/mol. The van der Waals surface area contributed by atoms with Crippen LogP contribution in [0.2, 0.25) is 0 Å². The van der Waals surface area contributed by atoms with Crippen LogP contribution in [0.5, 0.6) is 0 Å². The van der Waals surface area contributed by atoms with Crippen LogP contribution in [-0.4, -0.2) is 17.9 Å². The molecule has 4 heteroatoms. The predicted octanol–water partition coefficient (Wildman–Crippen LogP) is 2.35. The van der Waals surface area contributed by atoms with Crippen LogP contribution in [0, 0.1) is 5.82 Å². The Hall–Kier alpha value is -1.84. The van der Waals surface area contributed by atoms with Gasteiger partial charge in [0.2, 0.25) is 0 Å². The van der Waals surface area contributed by atoms with Gasteiger partial charge in [0.1, 0.15) is 11.6 Å². The Morgan fingerprint density at radius 2 is 1.79 bits per heavy atom. The lowest BCUT2D eigenvalue weighted by molar-refractivity contribution is 0.104. The Labute approximate surface area is 111 Å². The van der Waals surface area contributed by atoms with Crippen LogP contribution >= 0.6 is 0 Å². The largest absolute Gasteiger partial charge is 0.367 e. The Morgan fingerprint density at radius 1 is 1.16 bits per heavy atom. The van der Waals surface area contributed by atoms with Crippen LogP contribution in [0.25, 0.3) is 0 Å². The van der Waals surface area contributed by atoms with Gasteiger partial charge in [-0.1, -0.05) is 25.0 Å². The first-order valence-corrected chi connectivity index (χ1v) is 6.77. The zero-order valence-corrected chi connectivity index (χ0v) is 10.7. The fourth-order valence-electron chi connectivity index (χ4n) is 2.87. The number of benzene rings is 1. The third kappa shape index (κ3) is 2.48. The quantitative estimate of drug-likeness (QED) is 0.633. The molecular weight excluding hydrogens is 243 g/mol. The molecule has 19 heavy (non-hydrogen) atoms. The predicted molar refractivity (Wildman–Crippen MR) is 71.1 cm³/mol. The van der Waals surface area contributed by atoms with Crippen molar-refractivity contribution in [1.29, 1.82) is 0 Å². The normalized spacial score (nSPS) is 25.2. The molecule has 2 fully saturated rings. The van der Waals surface area contributed by atoms with Gasteiger partial charge in [-0.25, -0.2) is 4.39 Å². The summed E-state index contributed by atoms with van der Waals surface area (Å²) in [5, 5.41) is 6.64. The molecule has 0 radical (unpaired) electrons. The Bertz CT molecular complexity index is 511. The van der Waals surface area contributed by atoms with Crippen molar-refractivity contribution in [2.24, 2.45) is 0 Å². The van der Waals surface area contributed by atoms with Gasteiger partial charge in [-0.05, 0) is 25.0 Å². The number of allylic oxidation sites excluding steroid dienone is 1. The van der Waals surface area contributed by atoms with Gasteiger partial charge < -0.3 is 10.6 Å². The number of hydrogen-bond acceptors (Lipinski definition) is 3. The number of fused-ring (bicyclic) bond motifs is 1. The maximum atomic E-state index is 13.5. The summed E-state index contributed by atoms with van der Waals surface area (Å²) in [6, 6.07) is 6.89. The van der Waals surface area contributed by atoms with E-state index in [2.05, 4.69) is 10.6 Å². The van der Waals surface area contributed by atoms with Crippen molar-refractivity contribution < 1.29 is 9.18 Å². The third-order valence-electron chi connectivity index (χ3n) is 3.86. The average Bonchev–Trinajstić information content (AvgIpc) is 2.81. The van der Waals surface area contributed by atoms with E-state index in [9.17, 15) is 9.18 Å². The molecule has 1 aliphatic heterocycles. The lowest BCUT2D eigenvalue weighted by Crippen LogP contribution is -2.36. The Kier molecular flexibility index (Phi) is 3.23. The third-order valence-corrected chi connectivity index (χ3v) is 3.86. The molecule has 2 atom stereocenters. The molecule has 2 N–H and O–H groups in total. The van der Waals surface area contributed by atoms with Gasteiger partial charge in [-0.3, -0.25) is 4.79 Å². The van der Waals surface area contributed by atoms with Crippen molar-refractivity contribution in [2.45, 2.75) is 37.8 Å². The summed E-state index contributed by atoms with van der Waals surface area (Å²) in [4.78, 5) is 12.0. The lowest BCUT2D eigenvalue weighted by Gasteiger charge is -2.23. The number of rotatable bonds is 2. The highest BCUT2D eigenvalue weighted by Gasteiger charge is 2.31. The molecule has 100 valence electrons. The maximum absolute atomic E-state index is 13.5.